The summed E-state index contributed by atoms with van der Waals surface area (Å²) < 4.78 is 6.84. The molecule has 2 aromatic rings. The summed E-state index contributed by atoms with van der Waals surface area (Å²) in [5, 5.41) is 15.7. The van der Waals surface area contributed by atoms with Gasteiger partial charge in [-0.25, -0.2) is 0 Å². The van der Waals surface area contributed by atoms with Crippen molar-refractivity contribution in [2.45, 2.75) is 30.9 Å². The van der Waals surface area contributed by atoms with Crippen LogP contribution < -0.4 is 0 Å². The van der Waals surface area contributed by atoms with Gasteiger partial charge in [0.15, 0.2) is 0 Å². The molecule has 1 unspecified atom stereocenters. The third-order valence-electron chi connectivity index (χ3n) is 4.26. The number of methoxy groups -OCH3 is 1. The second-order valence-electron chi connectivity index (χ2n) is 5.52. The molecule has 1 atom stereocenters. The van der Waals surface area contributed by atoms with Gasteiger partial charge >= 0.3 is 0 Å². The quantitative estimate of drug-likeness (QED) is 0.892. The van der Waals surface area contributed by atoms with Crippen LogP contribution in [-0.4, -0.2) is 28.6 Å². The van der Waals surface area contributed by atoms with Gasteiger partial charge in [-0.1, -0.05) is 41.9 Å². The lowest BCUT2D eigenvalue weighted by Crippen LogP contribution is -2.23. The maximum atomic E-state index is 10.9. The summed E-state index contributed by atoms with van der Waals surface area (Å²) in [5.41, 5.74) is 1.62. The van der Waals surface area contributed by atoms with Crippen molar-refractivity contribution in [3.8, 4) is 0 Å². The highest BCUT2D eigenvalue weighted by Crippen LogP contribution is 2.57. The van der Waals surface area contributed by atoms with E-state index in [0.29, 0.717) is 23.9 Å². The molecule has 5 heteroatoms. The summed E-state index contributed by atoms with van der Waals surface area (Å²) >= 11 is 6.26. The molecule has 1 aromatic heterocycles. The van der Waals surface area contributed by atoms with Gasteiger partial charge in [-0.15, -0.1) is 0 Å². The molecular weight excluding hydrogens is 288 g/mol. The van der Waals surface area contributed by atoms with Crippen LogP contribution in [0.15, 0.2) is 36.5 Å². The second-order valence-corrected chi connectivity index (χ2v) is 5.93. The first kappa shape index (κ1) is 14.6. The zero-order valence-corrected chi connectivity index (χ0v) is 12.8. The number of benzene rings is 1. The average molecular weight is 307 g/mol. The molecule has 1 aliphatic rings. The molecule has 3 rings (SSSR count). The number of ether oxygens (including phenoxy) is 1. The zero-order chi connectivity index (χ0) is 14.9. The van der Waals surface area contributed by atoms with Crippen LogP contribution in [0.5, 0.6) is 0 Å². The van der Waals surface area contributed by atoms with Crippen molar-refractivity contribution in [3.05, 3.63) is 52.8 Å². The number of nitrogens with zero attached hydrogens (tertiary/aromatic N) is 2. The Bertz CT molecular complexity index is 608. The third kappa shape index (κ3) is 2.59. The molecule has 1 heterocycles. The van der Waals surface area contributed by atoms with Crippen LogP contribution in [0.4, 0.5) is 0 Å². The molecule has 0 amide bonds. The molecule has 1 aromatic carbocycles. The monoisotopic (exact) mass is 306 g/mol. The Morgan fingerprint density at radius 3 is 2.71 bits per heavy atom. The predicted octanol–water partition coefficient (Wildman–Crippen LogP) is 2.95. The average Bonchev–Trinajstić information content (AvgIpc) is 3.25. The first-order chi connectivity index (χ1) is 10.2. The first-order valence-electron chi connectivity index (χ1n) is 7.13. The number of aromatic nitrogens is 2. The van der Waals surface area contributed by atoms with E-state index in [1.165, 1.54) is 0 Å². The molecule has 0 saturated heterocycles. The lowest BCUT2D eigenvalue weighted by atomic mass is 9.88. The van der Waals surface area contributed by atoms with Crippen molar-refractivity contribution in [2.75, 3.05) is 13.7 Å². The largest absolute Gasteiger partial charge is 0.386 e. The molecule has 1 saturated carbocycles. The van der Waals surface area contributed by atoms with E-state index >= 15 is 0 Å². The van der Waals surface area contributed by atoms with E-state index in [4.69, 9.17) is 16.3 Å². The fourth-order valence-corrected chi connectivity index (χ4v) is 3.13. The number of aliphatic hydroxyl groups is 1. The van der Waals surface area contributed by atoms with Gasteiger partial charge in [-0.2, -0.15) is 5.10 Å². The minimum absolute atomic E-state index is 0.226. The zero-order valence-electron chi connectivity index (χ0n) is 12.0. The van der Waals surface area contributed by atoms with Crippen molar-refractivity contribution in [1.82, 2.24) is 9.78 Å². The topological polar surface area (TPSA) is 47.3 Å². The molecular formula is C16H19ClN2O2. The molecule has 0 spiro atoms. The number of rotatable bonds is 6. The van der Waals surface area contributed by atoms with Gasteiger partial charge < -0.3 is 9.84 Å². The molecule has 0 aliphatic heterocycles. The highest BCUT2D eigenvalue weighted by atomic mass is 35.5. The van der Waals surface area contributed by atoms with E-state index < -0.39 is 6.10 Å². The summed E-state index contributed by atoms with van der Waals surface area (Å²) in [7, 11) is 1.65. The van der Waals surface area contributed by atoms with Crippen molar-refractivity contribution in [3.63, 3.8) is 0 Å². The Kier molecular flexibility index (Phi) is 4.02. The molecule has 21 heavy (non-hydrogen) atoms. The van der Waals surface area contributed by atoms with Gasteiger partial charge in [0.05, 0.1) is 30.1 Å². The molecule has 1 N–H and O–H groups in total. The Balaban J connectivity index is 1.92. The SMILES string of the molecule is COCCn1ncc(Cl)c1C(O)C1(c2ccccc2)CC1. The van der Waals surface area contributed by atoms with Crippen LogP contribution in [0.3, 0.4) is 0 Å². The van der Waals surface area contributed by atoms with E-state index in [0.717, 1.165) is 18.4 Å². The van der Waals surface area contributed by atoms with Crippen molar-refractivity contribution in [1.29, 1.82) is 0 Å². The Hall–Kier alpha value is -1.36. The molecule has 1 aliphatic carbocycles. The highest BCUT2D eigenvalue weighted by Gasteiger charge is 2.52. The summed E-state index contributed by atoms with van der Waals surface area (Å²) in [6.45, 7) is 1.12. The van der Waals surface area contributed by atoms with Crippen molar-refractivity contribution < 1.29 is 9.84 Å². The molecule has 1 fully saturated rings. The standard InChI is InChI=1S/C16H19ClN2O2/c1-21-10-9-19-14(13(17)11-18-19)15(20)16(7-8-16)12-5-3-2-4-6-12/h2-6,11,15,20H,7-10H2,1H3. The Labute approximate surface area is 129 Å². The van der Waals surface area contributed by atoms with E-state index in [1.54, 1.807) is 18.0 Å². The molecule has 112 valence electrons. The maximum Gasteiger partial charge on any atom is 0.107 e. The number of hydrogen-bond acceptors (Lipinski definition) is 3. The fraction of sp³-hybridized carbons (Fsp3) is 0.438. The van der Waals surface area contributed by atoms with Gasteiger partial charge in [-0.05, 0) is 18.4 Å². The van der Waals surface area contributed by atoms with Crippen LogP contribution in [0.1, 0.15) is 30.2 Å². The van der Waals surface area contributed by atoms with Crippen LogP contribution in [-0.2, 0) is 16.7 Å². The van der Waals surface area contributed by atoms with E-state index in [2.05, 4.69) is 17.2 Å². The summed E-state index contributed by atoms with van der Waals surface area (Å²) in [6.07, 6.45) is 2.87. The summed E-state index contributed by atoms with van der Waals surface area (Å²) in [4.78, 5) is 0. The molecule has 4 nitrogen and oxygen atoms in total. The molecule has 0 radical (unpaired) electrons. The van der Waals surface area contributed by atoms with Crippen LogP contribution in [0, 0.1) is 0 Å². The Morgan fingerprint density at radius 2 is 2.10 bits per heavy atom. The number of aliphatic hydroxyl groups excluding tert-OH is 1. The highest BCUT2D eigenvalue weighted by molar-refractivity contribution is 6.31. The Morgan fingerprint density at radius 1 is 1.38 bits per heavy atom. The number of halogens is 1. The number of hydrogen-bond donors (Lipinski definition) is 1. The summed E-state index contributed by atoms with van der Waals surface area (Å²) in [5.74, 6) is 0. The predicted molar refractivity (Wildman–Crippen MR) is 81.4 cm³/mol. The van der Waals surface area contributed by atoms with Gasteiger partial charge in [-0.3, -0.25) is 4.68 Å². The fourth-order valence-electron chi connectivity index (χ4n) is 2.89. The first-order valence-corrected chi connectivity index (χ1v) is 7.50. The van der Waals surface area contributed by atoms with Gasteiger partial charge in [0.1, 0.15) is 6.10 Å². The van der Waals surface area contributed by atoms with Crippen LogP contribution in [0.25, 0.3) is 0 Å². The summed E-state index contributed by atoms with van der Waals surface area (Å²) in [6, 6.07) is 10.1. The van der Waals surface area contributed by atoms with Crippen molar-refractivity contribution >= 4 is 11.6 Å². The van der Waals surface area contributed by atoms with Crippen molar-refractivity contribution in [2.24, 2.45) is 0 Å². The lowest BCUT2D eigenvalue weighted by molar-refractivity contribution is 0.118. The van der Waals surface area contributed by atoms with E-state index in [1.807, 2.05) is 18.2 Å². The minimum atomic E-state index is -0.647. The van der Waals surface area contributed by atoms with Gasteiger partial charge in [0.2, 0.25) is 0 Å². The van der Waals surface area contributed by atoms with Gasteiger partial charge in [0, 0.05) is 12.5 Å². The lowest BCUT2D eigenvalue weighted by Gasteiger charge is -2.24. The smallest absolute Gasteiger partial charge is 0.107 e. The molecule has 0 bridgehead atoms. The minimum Gasteiger partial charge on any atom is -0.386 e. The van der Waals surface area contributed by atoms with Crippen LogP contribution in [0.2, 0.25) is 5.02 Å². The van der Waals surface area contributed by atoms with E-state index in [-0.39, 0.29) is 5.41 Å². The van der Waals surface area contributed by atoms with E-state index in [9.17, 15) is 5.11 Å². The maximum absolute atomic E-state index is 10.9. The second kappa shape index (κ2) is 5.79. The van der Waals surface area contributed by atoms with Gasteiger partial charge in [0.25, 0.3) is 0 Å². The normalized spacial score (nSPS) is 17.7. The third-order valence-corrected chi connectivity index (χ3v) is 4.55. The van der Waals surface area contributed by atoms with Crippen LogP contribution >= 0.6 is 11.6 Å².